The zero-order chi connectivity index (χ0) is 19.9. The van der Waals surface area contributed by atoms with Crippen LogP contribution in [0.4, 0.5) is 15.8 Å². The van der Waals surface area contributed by atoms with Gasteiger partial charge in [0.2, 0.25) is 0 Å². The van der Waals surface area contributed by atoms with Crippen LogP contribution in [-0.2, 0) is 4.79 Å². The Morgan fingerprint density at radius 1 is 1.11 bits per heavy atom. The Bertz CT molecular complexity index is 817. The number of quaternary nitrogens is 1. The number of piperazine rings is 1. The Kier molecular flexibility index (Phi) is 6.60. The summed E-state index contributed by atoms with van der Waals surface area (Å²) in [6.45, 7) is 6.11. The molecule has 0 unspecified atom stereocenters. The van der Waals surface area contributed by atoms with Crippen molar-refractivity contribution < 1.29 is 18.9 Å². The number of anilines is 2. The van der Waals surface area contributed by atoms with Crippen LogP contribution < -0.4 is 20.4 Å². The van der Waals surface area contributed by atoms with Crippen LogP contribution in [0.5, 0.6) is 0 Å². The fourth-order valence-electron chi connectivity index (χ4n) is 3.34. The topological polar surface area (TPSA) is 65.9 Å². The van der Waals surface area contributed by atoms with E-state index >= 15 is 0 Å². The van der Waals surface area contributed by atoms with E-state index in [1.807, 2.05) is 6.92 Å². The van der Waals surface area contributed by atoms with Crippen molar-refractivity contribution >= 4 is 23.2 Å². The molecule has 6 nitrogen and oxygen atoms in total. The van der Waals surface area contributed by atoms with Gasteiger partial charge in [0.05, 0.1) is 26.2 Å². The molecule has 0 bridgehead atoms. The maximum Gasteiger partial charge on any atom is 0.279 e. The quantitative estimate of drug-likeness (QED) is 0.693. The molecule has 2 aromatic carbocycles. The van der Waals surface area contributed by atoms with Gasteiger partial charge in [-0.05, 0) is 49.4 Å². The summed E-state index contributed by atoms with van der Waals surface area (Å²) in [6.07, 6.45) is 0. The average molecular weight is 385 g/mol. The van der Waals surface area contributed by atoms with Gasteiger partial charge in [-0.2, -0.15) is 0 Å². The number of nitrogens with zero attached hydrogens (tertiary/aromatic N) is 1. The Morgan fingerprint density at radius 3 is 2.50 bits per heavy atom. The van der Waals surface area contributed by atoms with Gasteiger partial charge in [0.1, 0.15) is 5.82 Å². The van der Waals surface area contributed by atoms with Crippen molar-refractivity contribution in [3.05, 3.63) is 59.9 Å². The molecule has 148 valence electrons. The van der Waals surface area contributed by atoms with E-state index in [0.29, 0.717) is 24.3 Å². The van der Waals surface area contributed by atoms with Crippen molar-refractivity contribution in [2.24, 2.45) is 0 Å². The largest absolute Gasteiger partial charge is 0.360 e. The number of hydrogen-bond acceptors (Lipinski definition) is 3. The van der Waals surface area contributed by atoms with Crippen molar-refractivity contribution in [2.75, 3.05) is 49.5 Å². The summed E-state index contributed by atoms with van der Waals surface area (Å²) in [6, 6.07) is 13.5. The third kappa shape index (κ3) is 5.29. The van der Waals surface area contributed by atoms with Gasteiger partial charge in [-0.15, -0.1) is 0 Å². The molecule has 1 heterocycles. The Labute approximate surface area is 164 Å². The van der Waals surface area contributed by atoms with Crippen molar-refractivity contribution in [1.82, 2.24) is 5.32 Å². The van der Waals surface area contributed by atoms with Crippen molar-refractivity contribution in [3.8, 4) is 0 Å². The number of rotatable bonds is 6. The first kappa shape index (κ1) is 19.8. The van der Waals surface area contributed by atoms with Crippen LogP contribution in [-0.4, -0.2) is 51.1 Å². The second-order valence-electron chi connectivity index (χ2n) is 6.88. The molecule has 28 heavy (non-hydrogen) atoms. The van der Waals surface area contributed by atoms with E-state index in [1.54, 1.807) is 36.4 Å². The maximum absolute atomic E-state index is 13.1. The monoisotopic (exact) mass is 385 g/mol. The number of carbonyl (C=O) groups excluding carboxylic acids is 2. The lowest BCUT2D eigenvalue weighted by Crippen LogP contribution is -3.15. The molecule has 0 spiro atoms. The fraction of sp³-hybridized carbons (Fsp3) is 0.333. The molecule has 0 saturated carbocycles. The van der Waals surface area contributed by atoms with Gasteiger partial charge in [0.15, 0.2) is 6.54 Å². The van der Waals surface area contributed by atoms with Crippen LogP contribution in [0.15, 0.2) is 48.5 Å². The minimum Gasteiger partial charge on any atom is -0.360 e. The molecule has 0 aliphatic carbocycles. The third-order valence-corrected chi connectivity index (χ3v) is 4.82. The lowest BCUT2D eigenvalue weighted by Gasteiger charge is -2.33. The van der Waals surface area contributed by atoms with Crippen LogP contribution in [0.1, 0.15) is 17.3 Å². The highest BCUT2D eigenvalue weighted by Crippen LogP contribution is 2.14. The van der Waals surface area contributed by atoms with Crippen LogP contribution in [0.3, 0.4) is 0 Å². The number of amides is 2. The molecule has 1 saturated heterocycles. The van der Waals surface area contributed by atoms with Crippen LogP contribution in [0.25, 0.3) is 0 Å². The van der Waals surface area contributed by atoms with Crippen LogP contribution >= 0.6 is 0 Å². The normalized spacial score (nSPS) is 14.6. The third-order valence-electron chi connectivity index (χ3n) is 4.82. The molecule has 0 radical (unpaired) electrons. The summed E-state index contributed by atoms with van der Waals surface area (Å²) in [4.78, 5) is 27.7. The van der Waals surface area contributed by atoms with Gasteiger partial charge in [-0.1, -0.05) is 6.07 Å². The summed E-state index contributed by atoms with van der Waals surface area (Å²) < 4.78 is 13.1. The smallest absolute Gasteiger partial charge is 0.279 e. The first-order valence-corrected chi connectivity index (χ1v) is 9.57. The van der Waals surface area contributed by atoms with Gasteiger partial charge in [0.25, 0.3) is 11.8 Å². The molecule has 3 rings (SSSR count). The summed E-state index contributed by atoms with van der Waals surface area (Å²) in [5.74, 6) is -0.458. The minimum absolute atomic E-state index is 0.0710. The van der Waals surface area contributed by atoms with Crippen LogP contribution in [0.2, 0.25) is 0 Å². The zero-order valence-electron chi connectivity index (χ0n) is 16.0. The minimum atomic E-state index is -0.235. The highest BCUT2D eigenvalue weighted by Gasteiger charge is 2.22. The Balaban J connectivity index is 1.49. The van der Waals surface area contributed by atoms with E-state index in [9.17, 15) is 14.0 Å². The number of hydrogen-bond donors (Lipinski definition) is 3. The van der Waals surface area contributed by atoms with Gasteiger partial charge >= 0.3 is 0 Å². The number of benzene rings is 2. The highest BCUT2D eigenvalue weighted by molar-refractivity contribution is 5.97. The first-order valence-electron chi connectivity index (χ1n) is 9.57. The predicted octanol–water partition coefficient (Wildman–Crippen LogP) is 0.919. The summed E-state index contributed by atoms with van der Waals surface area (Å²) in [5.41, 5.74) is 2.16. The van der Waals surface area contributed by atoms with Crippen LogP contribution in [0, 0.1) is 5.82 Å². The van der Waals surface area contributed by atoms with E-state index in [2.05, 4.69) is 15.5 Å². The summed E-state index contributed by atoms with van der Waals surface area (Å²) in [5, 5.41) is 5.63. The number of carbonyl (C=O) groups is 2. The molecule has 7 heteroatoms. The zero-order valence-corrected chi connectivity index (χ0v) is 16.0. The first-order chi connectivity index (χ1) is 13.5. The van der Waals surface area contributed by atoms with Gasteiger partial charge < -0.3 is 20.4 Å². The number of nitrogens with one attached hydrogen (secondary N) is 3. The second kappa shape index (κ2) is 9.32. The van der Waals surface area contributed by atoms with E-state index in [-0.39, 0.29) is 17.6 Å². The maximum atomic E-state index is 13.1. The van der Waals surface area contributed by atoms with Gasteiger partial charge in [-0.25, -0.2) is 4.39 Å². The molecule has 1 aliphatic heterocycles. The summed E-state index contributed by atoms with van der Waals surface area (Å²) in [7, 11) is 0. The van der Waals surface area contributed by atoms with Crippen molar-refractivity contribution in [1.29, 1.82) is 0 Å². The molecule has 1 aliphatic rings. The molecule has 2 amide bonds. The molecule has 0 atom stereocenters. The molecule has 2 aromatic rings. The number of halogens is 1. The standard InChI is InChI=1S/C21H25FN4O2/c1-2-23-21(28)16-4-3-5-18(14-16)24-20(27)15-25-10-12-26(13-11-25)19-8-6-17(22)7-9-19/h3-9,14H,2,10-13,15H2,1H3,(H,23,28)(H,24,27)/p+1. The van der Waals surface area contributed by atoms with E-state index in [1.165, 1.54) is 17.0 Å². The molecular formula is C21H26FN4O2+. The Morgan fingerprint density at radius 2 is 1.82 bits per heavy atom. The second-order valence-corrected chi connectivity index (χ2v) is 6.88. The van der Waals surface area contributed by atoms with Crippen molar-refractivity contribution in [2.45, 2.75) is 6.92 Å². The molecule has 0 aromatic heterocycles. The summed E-state index contributed by atoms with van der Waals surface area (Å²) >= 11 is 0. The Hall–Kier alpha value is -2.93. The highest BCUT2D eigenvalue weighted by atomic mass is 19.1. The van der Waals surface area contributed by atoms with E-state index < -0.39 is 0 Å². The van der Waals surface area contributed by atoms with Crippen molar-refractivity contribution in [3.63, 3.8) is 0 Å². The van der Waals surface area contributed by atoms with Gasteiger partial charge in [-0.3, -0.25) is 9.59 Å². The SMILES string of the molecule is CCNC(=O)c1cccc(NC(=O)C[NH+]2CCN(c3ccc(F)cc3)CC2)c1. The predicted molar refractivity (Wildman–Crippen MR) is 107 cm³/mol. The average Bonchev–Trinajstić information content (AvgIpc) is 2.69. The molecule has 1 fully saturated rings. The fourth-order valence-corrected chi connectivity index (χ4v) is 3.34. The lowest BCUT2D eigenvalue weighted by atomic mass is 10.2. The lowest BCUT2D eigenvalue weighted by molar-refractivity contribution is -0.892. The van der Waals surface area contributed by atoms with E-state index in [4.69, 9.17) is 0 Å². The molecule has 3 N–H and O–H groups in total. The van der Waals surface area contributed by atoms with Gasteiger partial charge in [0, 0.05) is 23.5 Å². The molecular weight excluding hydrogens is 359 g/mol. The van der Waals surface area contributed by atoms with E-state index in [0.717, 1.165) is 31.9 Å².